The molecule has 0 amide bonds. The molecule has 0 aromatic carbocycles. The highest BCUT2D eigenvalue weighted by Crippen LogP contribution is 2.37. The molecule has 18 heavy (non-hydrogen) atoms. The highest BCUT2D eigenvalue weighted by molar-refractivity contribution is 4.95. The van der Waals surface area contributed by atoms with E-state index >= 15 is 0 Å². The van der Waals surface area contributed by atoms with E-state index < -0.39 is 11.6 Å². The summed E-state index contributed by atoms with van der Waals surface area (Å²) in [6.07, 6.45) is -0.924. The second kappa shape index (κ2) is 4.70. The first-order chi connectivity index (χ1) is 8.28. The average molecular weight is 260 g/mol. The first-order valence-corrected chi connectivity index (χ1v) is 6.39. The SMILES string of the molecule is CC1(C)OC(CN)C2OC(C)(C)OC(CN)C2O1. The minimum atomic E-state index is -0.702. The van der Waals surface area contributed by atoms with Crippen LogP contribution in [-0.4, -0.2) is 49.1 Å². The van der Waals surface area contributed by atoms with Gasteiger partial charge in [0.25, 0.3) is 0 Å². The molecule has 0 aliphatic carbocycles. The summed E-state index contributed by atoms with van der Waals surface area (Å²) in [5.74, 6) is -1.40. The summed E-state index contributed by atoms with van der Waals surface area (Å²) in [5.41, 5.74) is 11.5. The maximum Gasteiger partial charge on any atom is 0.163 e. The summed E-state index contributed by atoms with van der Waals surface area (Å²) in [6, 6.07) is 0. The van der Waals surface area contributed by atoms with E-state index in [0.717, 1.165) is 0 Å². The van der Waals surface area contributed by atoms with Gasteiger partial charge in [-0.15, -0.1) is 0 Å². The van der Waals surface area contributed by atoms with Gasteiger partial charge in [0.05, 0.1) is 0 Å². The monoisotopic (exact) mass is 260 g/mol. The highest BCUT2D eigenvalue weighted by Gasteiger charge is 2.52. The van der Waals surface area contributed by atoms with Gasteiger partial charge in [-0.25, -0.2) is 0 Å². The molecule has 4 atom stereocenters. The van der Waals surface area contributed by atoms with Crippen LogP contribution in [0, 0.1) is 0 Å². The zero-order valence-electron chi connectivity index (χ0n) is 11.5. The number of ether oxygens (including phenoxy) is 4. The molecule has 2 aliphatic heterocycles. The van der Waals surface area contributed by atoms with E-state index in [2.05, 4.69) is 0 Å². The lowest BCUT2D eigenvalue weighted by atomic mass is 9.97. The van der Waals surface area contributed by atoms with Gasteiger partial charge in [-0.3, -0.25) is 0 Å². The Balaban J connectivity index is 2.24. The maximum atomic E-state index is 5.90. The van der Waals surface area contributed by atoms with Crippen molar-refractivity contribution in [1.29, 1.82) is 0 Å². The van der Waals surface area contributed by atoms with E-state index in [4.69, 9.17) is 30.4 Å². The fourth-order valence-electron chi connectivity index (χ4n) is 2.65. The van der Waals surface area contributed by atoms with Gasteiger partial charge in [-0.1, -0.05) is 0 Å². The second-order valence-electron chi connectivity index (χ2n) is 5.75. The molecule has 2 fully saturated rings. The van der Waals surface area contributed by atoms with Crippen molar-refractivity contribution in [2.45, 2.75) is 63.7 Å². The van der Waals surface area contributed by atoms with E-state index in [1.807, 2.05) is 27.7 Å². The largest absolute Gasteiger partial charge is 0.343 e. The number of fused-ring (bicyclic) bond motifs is 1. The molecule has 0 radical (unpaired) electrons. The molecule has 2 saturated heterocycles. The minimum Gasteiger partial charge on any atom is -0.343 e. The van der Waals surface area contributed by atoms with Crippen LogP contribution in [0.5, 0.6) is 0 Å². The van der Waals surface area contributed by atoms with Crippen LogP contribution in [-0.2, 0) is 18.9 Å². The Bertz CT molecular complexity index is 278. The molecule has 2 heterocycles. The lowest BCUT2D eigenvalue weighted by Crippen LogP contribution is -2.67. The zero-order valence-corrected chi connectivity index (χ0v) is 11.5. The topological polar surface area (TPSA) is 89.0 Å². The predicted molar refractivity (Wildman–Crippen MR) is 65.8 cm³/mol. The van der Waals surface area contributed by atoms with Crippen LogP contribution in [0.15, 0.2) is 0 Å². The van der Waals surface area contributed by atoms with Gasteiger partial charge in [0.1, 0.15) is 24.4 Å². The number of nitrogens with two attached hydrogens (primary N) is 2. The summed E-state index contributed by atoms with van der Waals surface area (Å²) in [4.78, 5) is 0. The van der Waals surface area contributed by atoms with Crippen molar-refractivity contribution in [2.75, 3.05) is 13.1 Å². The molecular formula is C12H24N2O4. The van der Waals surface area contributed by atoms with Crippen molar-refractivity contribution < 1.29 is 18.9 Å². The summed E-state index contributed by atoms with van der Waals surface area (Å²) in [7, 11) is 0. The Morgan fingerprint density at radius 2 is 1.06 bits per heavy atom. The molecule has 6 nitrogen and oxygen atoms in total. The van der Waals surface area contributed by atoms with Crippen LogP contribution in [0.3, 0.4) is 0 Å². The molecule has 0 aromatic rings. The van der Waals surface area contributed by atoms with Crippen LogP contribution >= 0.6 is 0 Å². The zero-order chi connectivity index (χ0) is 13.6. The Morgan fingerprint density at radius 1 is 0.722 bits per heavy atom. The fraction of sp³-hybridized carbons (Fsp3) is 1.00. The average Bonchev–Trinajstić information content (AvgIpc) is 2.26. The summed E-state index contributed by atoms with van der Waals surface area (Å²) in [6.45, 7) is 8.19. The third kappa shape index (κ3) is 2.68. The highest BCUT2D eigenvalue weighted by atomic mass is 16.8. The summed E-state index contributed by atoms with van der Waals surface area (Å²) >= 11 is 0. The number of hydrogen-bond donors (Lipinski definition) is 2. The number of rotatable bonds is 2. The maximum absolute atomic E-state index is 5.90. The normalized spacial score (nSPS) is 42.3. The van der Waals surface area contributed by atoms with Crippen molar-refractivity contribution in [3.05, 3.63) is 0 Å². The first kappa shape index (κ1) is 14.2. The van der Waals surface area contributed by atoms with E-state index in [0.29, 0.717) is 13.1 Å². The van der Waals surface area contributed by atoms with Crippen LogP contribution in [0.2, 0.25) is 0 Å². The molecule has 2 aliphatic rings. The molecule has 106 valence electrons. The molecule has 6 heteroatoms. The van der Waals surface area contributed by atoms with Crippen LogP contribution < -0.4 is 11.5 Å². The minimum absolute atomic E-state index is 0.212. The predicted octanol–water partition coefficient (Wildman–Crippen LogP) is -0.0560. The Hall–Kier alpha value is -0.240. The third-order valence-electron chi connectivity index (χ3n) is 3.23. The lowest BCUT2D eigenvalue weighted by molar-refractivity contribution is -0.420. The Morgan fingerprint density at radius 3 is 1.33 bits per heavy atom. The molecule has 4 unspecified atom stereocenters. The standard InChI is InChI=1S/C12H24N2O4/c1-11(2)15-7(5-13)10-9(17-11)8(6-14)16-12(3,4)18-10/h7-10H,5-6,13-14H2,1-4H3. The Labute approximate surface area is 108 Å². The van der Waals surface area contributed by atoms with Crippen molar-refractivity contribution in [3.8, 4) is 0 Å². The molecule has 0 aromatic heterocycles. The van der Waals surface area contributed by atoms with Gasteiger partial charge < -0.3 is 30.4 Å². The molecule has 0 saturated carbocycles. The quantitative estimate of drug-likeness (QED) is 0.723. The summed E-state index contributed by atoms with van der Waals surface area (Å²) < 4.78 is 23.4. The van der Waals surface area contributed by atoms with E-state index in [-0.39, 0.29) is 24.4 Å². The van der Waals surface area contributed by atoms with Gasteiger partial charge in [0.15, 0.2) is 11.6 Å². The lowest BCUT2D eigenvalue weighted by Gasteiger charge is -2.53. The third-order valence-corrected chi connectivity index (χ3v) is 3.23. The van der Waals surface area contributed by atoms with Crippen molar-refractivity contribution in [3.63, 3.8) is 0 Å². The van der Waals surface area contributed by atoms with Gasteiger partial charge >= 0.3 is 0 Å². The fourth-order valence-corrected chi connectivity index (χ4v) is 2.65. The molecule has 2 rings (SSSR count). The Kier molecular flexibility index (Phi) is 3.70. The van der Waals surface area contributed by atoms with E-state index in [1.54, 1.807) is 0 Å². The van der Waals surface area contributed by atoms with Crippen molar-refractivity contribution in [1.82, 2.24) is 0 Å². The van der Waals surface area contributed by atoms with Crippen molar-refractivity contribution >= 4 is 0 Å². The second-order valence-corrected chi connectivity index (χ2v) is 5.75. The summed E-state index contributed by atoms with van der Waals surface area (Å²) in [5, 5.41) is 0. The molecular weight excluding hydrogens is 236 g/mol. The molecule has 4 N–H and O–H groups in total. The van der Waals surface area contributed by atoms with Crippen LogP contribution in [0.4, 0.5) is 0 Å². The smallest absolute Gasteiger partial charge is 0.163 e. The molecule has 0 spiro atoms. The van der Waals surface area contributed by atoms with Crippen LogP contribution in [0.1, 0.15) is 27.7 Å². The molecule has 0 bridgehead atoms. The van der Waals surface area contributed by atoms with Gasteiger partial charge in [-0.2, -0.15) is 0 Å². The van der Waals surface area contributed by atoms with Gasteiger partial charge in [0.2, 0.25) is 0 Å². The van der Waals surface area contributed by atoms with E-state index in [1.165, 1.54) is 0 Å². The van der Waals surface area contributed by atoms with Crippen LogP contribution in [0.25, 0.3) is 0 Å². The van der Waals surface area contributed by atoms with Gasteiger partial charge in [-0.05, 0) is 27.7 Å². The first-order valence-electron chi connectivity index (χ1n) is 6.39. The van der Waals surface area contributed by atoms with Crippen molar-refractivity contribution in [2.24, 2.45) is 11.5 Å². The van der Waals surface area contributed by atoms with Gasteiger partial charge in [0, 0.05) is 13.1 Å². The number of hydrogen-bond acceptors (Lipinski definition) is 6. The van der Waals surface area contributed by atoms with E-state index in [9.17, 15) is 0 Å².